The van der Waals surface area contributed by atoms with Gasteiger partial charge in [-0.05, 0) is 0 Å². The third kappa shape index (κ3) is 5.30. The fourth-order valence-corrected chi connectivity index (χ4v) is 2.57. The van der Waals surface area contributed by atoms with Crippen molar-refractivity contribution in [1.82, 2.24) is 0 Å². The van der Waals surface area contributed by atoms with E-state index in [0.717, 1.165) is 0 Å². The molecule has 26 heavy (non-hydrogen) atoms. The smallest absolute Gasteiger partial charge is 0.187 e. The number of rotatable bonds is 4. The zero-order valence-corrected chi connectivity index (χ0v) is 14.7. The fraction of sp³-hybridized carbons (Fsp3) is 1.00. The molecule has 0 aromatic heterocycles. The molecule has 11 nitrogen and oxygen atoms in total. The van der Waals surface area contributed by atoms with Crippen LogP contribution in [0, 0.1) is 0 Å². The second-order valence-corrected chi connectivity index (χ2v) is 6.23. The van der Waals surface area contributed by atoms with Crippen molar-refractivity contribution >= 4 is 0 Å². The molecule has 2 aliphatic heterocycles. The van der Waals surface area contributed by atoms with E-state index in [0.29, 0.717) is 0 Å². The highest BCUT2D eigenvalue weighted by atomic mass is 16.7. The van der Waals surface area contributed by atoms with Crippen LogP contribution in [0.5, 0.6) is 0 Å². The van der Waals surface area contributed by atoms with Gasteiger partial charge in [0.1, 0.15) is 48.8 Å². The molecule has 0 aliphatic carbocycles. The standard InChI is InChI=1S/C12H22O11.C3H8/c13-1-3-5(15)6(16)9(19)12(22-3)23-10-4(2-14)21-11(20)8(18)7(10)17;1-3-2/h3-20H,1-2H2;3H2,1-2H3/t3-,4-,5+,6+,7-,8-,9-,10-,11?,12+;/m1./s1. The largest absolute Gasteiger partial charge is 0.394 e. The summed E-state index contributed by atoms with van der Waals surface area (Å²) < 4.78 is 15.3. The van der Waals surface area contributed by atoms with Gasteiger partial charge in [-0.25, -0.2) is 0 Å². The van der Waals surface area contributed by atoms with E-state index in [-0.39, 0.29) is 0 Å². The van der Waals surface area contributed by atoms with Crippen LogP contribution >= 0.6 is 0 Å². The quantitative estimate of drug-likeness (QED) is 0.235. The zero-order valence-electron chi connectivity index (χ0n) is 14.7. The molecule has 2 saturated heterocycles. The summed E-state index contributed by atoms with van der Waals surface area (Å²) in [5, 5.41) is 76.5. The normalized spacial score (nSPS) is 46.4. The second kappa shape index (κ2) is 10.8. The maximum atomic E-state index is 9.94. The van der Waals surface area contributed by atoms with E-state index < -0.39 is 74.6 Å². The van der Waals surface area contributed by atoms with Crippen molar-refractivity contribution in [1.29, 1.82) is 0 Å². The Bertz CT molecular complexity index is 394. The van der Waals surface area contributed by atoms with Gasteiger partial charge in [0.2, 0.25) is 0 Å². The zero-order chi connectivity index (χ0) is 20.0. The van der Waals surface area contributed by atoms with Crippen LogP contribution in [0.1, 0.15) is 20.3 Å². The van der Waals surface area contributed by atoms with Crippen molar-refractivity contribution in [3.05, 3.63) is 0 Å². The number of aliphatic hydroxyl groups excluding tert-OH is 8. The molecule has 0 saturated carbocycles. The van der Waals surface area contributed by atoms with Gasteiger partial charge in [0.05, 0.1) is 13.2 Å². The predicted molar refractivity (Wildman–Crippen MR) is 84.6 cm³/mol. The topological polar surface area (TPSA) is 190 Å². The van der Waals surface area contributed by atoms with Crippen LogP contribution in [0.4, 0.5) is 0 Å². The van der Waals surface area contributed by atoms with E-state index in [1.807, 2.05) is 0 Å². The molecule has 8 N–H and O–H groups in total. The summed E-state index contributed by atoms with van der Waals surface area (Å²) in [7, 11) is 0. The van der Waals surface area contributed by atoms with Crippen molar-refractivity contribution < 1.29 is 55.1 Å². The van der Waals surface area contributed by atoms with E-state index in [4.69, 9.17) is 19.3 Å². The molecular formula is C15H30O11. The molecule has 0 spiro atoms. The first-order chi connectivity index (χ1) is 12.2. The summed E-state index contributed by atoms with van der Waals surface area (Å²) in [5.74, 6) is 0. The molecule has 1 unspecified atom stereocenters. The first kappa shape index (κ1) is 23.6. The van der Waals surface area contributed by atoms with Crippen molar-refractivity contribution in [3.8, 4) is 0 Å². The number of hydrogen-bond donors (Lipinski definition) is 8. The lowest BCUT2D eigenvalue weighted by molar-refractivity contribution is -0.355. The van der Waals surface area contributed by atoms with E-state index in [1.54, 1.807) is 0 Å². The molecule has 0 aromatic carbocycles. The van der Waals surface area contributed by atoms with Gasteiger partial charge in [-0.3, -0.25) is 0 Å². The van der Waals surface area contributed by atoms with Gasteiger partial charge in [-0.2, -0.15) is 0 Å². The molecule has 2 aliphatic rings. The van der Waals surface area contributed by atoms with E-state index in [9.17, 15) is 35.7 Å². The lowest BCUT2D eigenvalue weighted by Crippen LogP contribution is -2.64. The molecule has 2 rings (SSSR count). The van der Waals surface area contributed by atoms with Crippen LogP contribution < -0.4 is 0 Å². The lowest BCUT2D eigenvalue weighted by atomic mass is 9.97. The fourth-order valence-electron chi connectivity index (χ4n) is 2.57. The van der Waals surface area contributed by atoms with Gasteiger partial charge >= 0.3 is 0 Å². The monoisotopic (exact) mass is 386 g/mol. The van der Waals surface area contributed by atoms with Gasteiger partial charge in [0.25, 0.3) is 0 Å². The predicted octanol–water partition coefficient (Wildman–Crippen LogP) is -3.98. The number of aliphatic hydroxyl groups is 8. The van der Waals surface area contributed by atoms with Crippen LogP contribution in [0.2, 0.25) is 0 Å². The Morgan fingerprint density at radius 2 is 1.23 bits per heavy atom. The highest BCUT2D eigenvalue weighted by Gasteiger charge is 2.50. The molecule has 0 radical (unpaired) electrons. The van der Waals surface area contributed by atoms with Crippen LogP contribution in [-0.4, -0.2) is 115 Å². The van der Waals surface area contributed by atoms with Crippen LogP contribution in [0.3, 0.4) is 0 Å². The van der Waals surface area contributed by atoms with Crippen LogP contribution in [0.25, 0.3) is 0 Å². The van der Waals surface area contributed by atoms with Crippen LogP contribution in [0.15, 0.2) is 0 Å². The Morgan fingerprint density at radius 1 is 0.692 bits per heavy atom. The van der Waals surface area contributed by atoms with Gasteiger partial charge in [-0.1, -0.05) is 20.3 Å². The summed E-state index contributed by atoms with van der Waals surface area (Å²) >= 11 is 0. The lowest BCUT2D eigenvalue weighted by Gasteiger charge is -2.45. The molecule has 2 heterocycles. The summed E-state index contributed by atoms with van der Waals surface area (Å²) in [6.07, 6.45) is -14.3. The van der Waals surface area contributed by atoms with Gasteiger partial charge < -0.3 is 55.1 Å². The summed E-state index contributed by atoms with van der Waals surface area (Å²) in [5.41, 5.74) is 0. The Morgan fingerprint density at radius 3 is 1.73 bits per heavy atom. The third-order valence-corrected chi connectivity index (χ3v) is 3.98. The molecule has 11 heteroatoms. The van der Waals surface area contributed by atoms with Gasteiger partial charge in [0.15, 0.2) is 12.6 Å². The molecule has 10 atom stereocenters. The minimum Gasteiger partial charge on any atom is -0.394 e. The molecule has 0 amide bonds. The second-order valence-electron chi connectivity index (χ2n) is 6.23. The van der Waals surface area contributed by atoms with Gasteiger partial charge in [0, 0.05) is 0 Å². The summed E-state index contributed by atoms with van der Waals surface area (Å²) in [4.78, 5) is 0. The summed E-state index contributed by atoms with van der Waals surface area (Å²) in [6.45, 7) is 2.90. The average molecular weight is 386 g/mol. The van der Waals surface area contributed by atoms with Crippen molar-refractivity contribution in [2.24, 2.45) is 0 Å². The first-order valence-electron chi connectivity index (χ1n) is 8.49. The van der Waals surface area contributed by atoms with E-state index in [1.165, 1.54) is 6.42 Å². The SMILES string of the molecule is CCC.OC[C@H]1O[C@@H](O[C@H]2[C@H](O)[C@@H](O)C(O)O[C@@H]2CO)[C@H](O)[C@@H](O)[C@H]1O. The molecule has 0 bridgehead atoms. The van der Waals surface area contributed by atoms with Crippen LogP contribution in [-0.2, 0) is 14.2 Å². The maximum absolute atomic E-state index is 9.94. The maximum Gasteiger partial charge on any atom is 0.187 e. The molecule has 0 aromatic rings. The van der Waals surface area contributed by atoms with Gasteiger partial charge in [-0.15, -0.1) is 0 Å². The Labute approximate surface area is 151 Å². The minimum atomic E-state index is -1.74. The molecule has 2 fully saturated rings. The Balaban J connectivity index is 0.00000105. The molecular weight excluding hydrogens is 356 g/mol. The van der Waals surface area contributed by atoms with Crippen molar-refractivity contribution in [2.75, 3.05) is 13.2 Å². The van der Waals surface area contributed by atoms with E-state index in [2.05, 4.69) is 13.8 Å². The highest BCUT2D eigenvalue weighted by molar-refractivity contribution is 4.93. The average Bonchev–Trinajstić information content (AvgIpc) is 2.62. The van der Waals surface area contributed by atoms with E-state index >= 15 is 0 Å². The highest BCUT2D eigenvalue weighted by Crippen LogP contribution is 2.28. The third-order valence-electron chi connectivity index (χ3n) is 3.98. The Kier molecular flexibility index (Phi) is 9.79. The van der Waals surface area contributed by atoms with Crippen molar-refractivity contribution in [2.45, 2.75) is 81.7 Å². The molecule has 156 valence electrons. The minimum absolute atomic E-state index is 0.667. The first-order valence-corrected chi connectivity index (χ1v) is 8.49. The number of ether oxygens (including phenoxy) is 3. The summed E-state index contributed by atoms with van der Waals surface area (Å²) in [6, 6.07) is 0. The number of hydrogen-bond acceptors (Lipinski definition) is 11. The van der Waals surface area contributed by atoms with Crippen molar-refractivity contribution in [3.63, 3.8) is 0 Å². The Hall–Kier alpha value is -0.440.